The monoisotopic (exact) mass is 332 g/mol. The van der Waals surface area contributed by atoms with Crippen LogP contribution in [0.15, 0.2) is 47.4 Å². The van der Waals surface area contributed by atoms with Gasteiger partial charge in [-0.05, 0) is 36.8 Å². The number of nitrogens with zero attached hydrogens (tertiary/aromatic N) is 2. The van der Waals surface area contributed by atoms with Crippen molar-refractivity contribution in [1.29, 1.82) is 0 Å². The molecule has 3 rings (SSSR count). The Hall–Kier alpha value is -2.49. The Morgan fingerprint density at radius 3 is 2.57 bits per heavy atom. The fourth-order valence-electron chi connectivity index (χ4n) is 2.29. The van der Waals surface area contributed by atoms with Crippen LogP contribution in [-0.2, 0) is 10.0 Å². The maximum absolute atomic E-state index is 12.6. The summed E-state index contributed by atoms with van der Waals surface area (Å²) >= 11 is 0. The van der Waals surface area contributed by atoms with Gasteiger partial charge in [0, 0.05) is 11.7 Å². The Morgan fingerprint density at radius 1 is 1.13 bits per heavy atom. The van der Waals surface area contributed by atoms with Crippen molar-refractivity contribution < 1.29 is 8.42 Å². The van der Waals surface area contributed by atoms with E-state index < -0.39 is 16.1 Å². The first kappa shape index (κ1) is 15.4. The van der Waals surface area contributed by atoms with E-state index in [4.69, 9.17) is 5.84 Å². The number of para-hydroxylation sites is 1. The summed E-state index contributed by atoms with van der Waals surface area (Å²) in [6.07, 6.45) is 0. The quantitative estimate of drug-likeness (QED) is 0.412. The van der Waals surface area contributed by atoms with Crippen LogP contribution >= 0.6 is 0 Å². The van der Waals surface area contributed by atoms with E-state index in [1.54, 1.807) is 43.3 Å². The van der Waals surface area contributed by atoms with E-state index in [9.17, 15) is 8.42 Å². The molecule has 1 heterocycles. The van der Waals surface area contributed by atoms with Crippen molar-refractivity contribution in [3.8, 4) is 0 Å². The first-order valence-corrected chi connectivity index (χ1v) is 8.38. The second-order valence-electron chi connectivity index (χ2n) is 5.06. The summed E-state index contributed by atoms with van der Waals surface area (Å²) in [5.41, 5.74) is 4.91. The number of fused-ring (bicyclic) bond motifs is 1. The lowest BCUT2D eigenvalue weighted by atomic mass is 10.1. The molecule has 0 aliphatic heterocycles. The molecule has 1 atom stereocenters. The van der Waals surface area contributed by atoms with Crippen molar-refractivity contribution in [3.63, 3.8) is 0 Å². The van der Waals surface area contributed by atoms with Crippen molar-refractivity contribution in [1.82, 2.24) is 20.1 Å². The predicted octanol–water partition coefficient (Wildman–Crippen LogP) is 1.28. The number of hydrogen-bond acceptors (Lipinski definition) is 6. The summed E-state index contributed by atoms with van der Waals surface area (Å²) in [5, 5.41) is 10.2. The van der Waals surface area contributed by atoms with Crippen molar-refractivity contribution in [2.75, 3.05) is 5.43 Å². The molecule has 3 aromatic rings. The van der Waals surface area contributed by atoms with Crippen LogP contribution in [0.4, 0.5) is 5.69 Å². The van der Waals surface area contributed by atoms with Gasteiger partial charge in [0.1, 0.15) is 15.9 Å². The first-order valence-electron chi connectivity index (χ1n) is 6.89. The number of anilines is 1. The van der Waals surface area contributed by atoms with Gasteiger partial charge in [-0.1, -0.05) is 18.2 Å². The summed E-state index contributed by atoms with van der Waals surface area (Å²) < 4.78 is 27.9. The van der Waals surface area contributed by atoms with E-state index >= 15 is 0 Å². The Labute approximate surface area is 133 Å². The van der Waals surface area contributed by atoms with Crippen LogP contribution in [0.25, 0.3) is 11.0 Å². The third-order valence-electron chi connectivity index (χ3n) is 3.51. The summed E-state index contributed by atoms with van der Waals surface area (Å²) in [4.78, 5) is 0.0934. The second-order valence-corrected chi connectivity index (χ2v) is 6.74. The summed E-state index contributed by atoms with van der Waals surface area (Å²) in [5.74, 6) is 5.32. The number of nitrogens with one attached hydrogen (secondary N) is 3. The number of H-pyrrole nitrogens is 1. The molecule has 0 saturated heterocycles. The van der Waals surface area contributed by atoms with Gasteiger partial charge in [0.05, 0.1) is 0 Å². The zero-order valence-electron chi connectivity index (χ0n) is 12.3. The molecule has 0 saturated carbocycles. The SMILES string of the molecule is CC(NS(=O)(=O)c1cccc2n[nH]nc12)c1ccc(NN)cc1. The van der Waals surface area contributed by atoms with Gasteiger partial charge < -0.3 is 5.43 Å². The molecule has 1 unspecified atom stereocenters. The summed E-state index contributed by atoms with van der Waals surface area (Å²) in [7, 11) is -3.73. The van der Waals surface area contributed by atoms with E-state index in [1.165, 1.54) is 6.07 Å². The number of rotatable bonds is 5. The molecular weight excluding hydrogens is 316 g/mol. The number of nitrogens with two attached hydrogens (primary N) is 1. The number of aromatic nitrogens is 3. The third-order valence-corrected chi connectivity index (χ3v) is 5.08. The molecule has 0 aliphatic carbocycles. The van der Waals surface area contributed by atoms with Crippen LogP contribution in [0.2, 0.25) is 0 Å². The Bertz CT molecular complexity index is 920. The Morgan fingerprint density at radius 2 is 1.87 bits per heavy atom. The number of sulfonamides is 1. The van der Waals surface area contributed by atoms with Gasteiger partial charge in [-0.2, -0.15) is 15.4 Å². The lowest BCUT2D eigenvalue weighted by Gasteiger charge is -2.15. The molecular formula is C14H16N6O2S. The van der Waals surface area contributed by atoms with Crippen molar-refractivity contribution in [2.45, 2.75) is 17.9 Å². The minimum atomic E-state index is -3.73. The third kappa shape index (κ3) is 3.02. The van der Waals surface area contributed by atoms with Crippen LogP contribution in [-0.4, -0.2) is 23.8 Å². The number of hydrazine groups is 1. The normalized spacial score (nSPS) is 13.1. The molecule has 8 nitrogen and oxygen atoms in total. The molecule has 23 heavy (non-hydrogen) atoms. The van der Waals surface area contributed by atoms with Crippen LogP contribution in [0.1, 0.15) is 18.5 Å². The molecule has 0 aliphatic rings. The van der Waals surface area contributed by atoms with Gasteiger partial charge in [-0.3, -0.25) is 5.84 Å². The first-order chi connectivity index (χ1) is 11.0. The minimum absolute atomic E-state index is 0.0934. The zero-order valence-corrected chi connectivity index (χ0v) is 13.1. The second kappa shape index (κ2) is 5.95. The van der Waals surface area contributed by atoms with Gasteiger partial charge in [0.25, 0.3) is 0 Å². The van der Waals surface area contributed by atoms with Crippen molar-refractivity contribution in [2.24, 2.45) is 5.84 Å². The van der Waals surface area contributed by atoms with E-state index in [1.807, 2.05) is 0 Å². The molecule has 0 spiro atoms. The number of hydrogen-bond donors (Lipinski definition) is 4. The lowest BCUT2D eigenvalue weighted by Crippen LogP contribution is -2.27. The molecule has 5 N–H and O–H groups in total. The lowest BCUT2D eigenvalue weighted by molar-refractivity contribution is 0.567. The highest BCUT2D eigenvalue weighted by molar-refractivity contribution is 7.89. The van der Waals surface area contributed by atoms with Crippen molar-refractivity contribution >= 4 is 26.7 Å². The topological polar surface area (TPSA) is 126 Å². The zero-order chi connectivity index (χ0) is 16.4. The Kier molecular flexibility index (Phi) is 3.99. The predicted molar refractivity (Wildman–Crippen MR) is 86.9 cm³/mol. The molecule has 9 heteroatoms. The van der Waals surface area contributed by atoms with Crippen LogP contribution in [0.3, 0.4) is 0 Å². The van der Waals surface area contributed by atoms with Gasteiger partial charge >= 0.3 is 0 Å². The highest BCUT2D eigenvalue weighted by Crippen LogP contribution is 2.22. The molecule has 0 bridgehead atoms. The number of benzene rings is 2. The number of aromatic amines is 1. The van der Waals surface area contributed by atoms with E-state index in [0.29, 0.717) is 11.0 Å². The van der Waals surface area contributed by atoms with E-state index in [0.717, 1.165) is 11.3 Å². The van der Waals surface area contributed by atoms with Crippen molar-refractivity contribution in [3.05, 3.63) is 48.0 Å². The number of nitrogen functional groups attached to an aromatic ring is 1. The van der Waals surface area contributed by atoms with Gasteiger partial charge in [0.15, 0.2) is 0 Å². The smallest absolute Gasteiger partial charge is 0.243 e. The average molecular weight is 332 g/mol. The molecule has 0 amide bonds. The minimum Gasteiger partial charge on any atom is -0.324 e. The highest BCUT2D eigenvalue weighted by atomic mass is 32.2. The highest BCUT2D eigenvalue weighted by Gasteiger charge is 2.22. The van der Waals surface area contributed by atoms with Crippen LogP contribution in [0.5, 0.6) is 0 Å². The van der Waals surface area contributed by atoms with Gasteiger partial charge in [-0.25, -0.2) is 13.1 Å². The molecule has 2 aromatic carbocycles. The standard InChI is InChI=1S/C14H16N6O2S/c1-9(10-5-7-11(16-15)8-6-10)19-23(21,22)13-4-2-3-12-14(13)18-20-17-12/h2-9,16,19H,15H2,1H3,(H,17,18,20). The van der Waals surface area contributed by atoms with Crippen LogP contribution in [0, 0.1) is 0 Å². The molecule has 120 valence electrons. The maximum Gasteiger partial charge on any atom is 0.243 e. The van der Waals surface area contributed by atoms with E-state index in [-0.39, 0.29) is 4.90 Å². The summed E-state index contributed by atoms with van der Waals surface area (Å²) in [6, 6.07) is 11.6. The van der Waals surface area contributed by atoms with E-state index in [2.05, 4.69) is 25.6 Å². The molecule has 0 radical (unpaired) electrons. The Balaban J connectivity index is 1.89. The molecule has 0 fully saturated rings. The van der Waals surface area contributed by atoms with Crippen LogP contribution < -0.4 is 16.0 Å². The fourth-order valence-corrected chi connectivity index (χ4v) is 3.68. The van der Waals surface area contributed by atoms with Gasteiger partial charge in [-0.15, -0.1) is 0 Å². The molecule has 1 aromatic heterocycles. The van der Waals surface area contributed by atoms with Gasteiger partial charge in [0.2, 0.25) is 10.0 Å². The fraction of sp³-hybridized carbons (Fsp3) is 0.143. The maximum atomic E-state index is 12.6. The largest absolute Gasteiger partial charge is 0.324 e. The average Bonchev–Trinajstić information content (AvgIpc) is 3.02. The summed E-state index contributed by atoms with van der Waals surface area (Å²) in [6.45, 7) is 1.77.